The predicted molar refractivity (Wildman–Crippen MR) is 79.3 cm³/mol. The first-order valence-electron chi connectivity index (χ1n) is 6.02. The number of halogens is 1. The van der Waals surface area contributed by atoms with Crippen LogP contribution in [0.1, 0.15) is 5.56 Å². The molecule has 0 bridgehead atoms. The summed E-state index contributed by atoms with van der Waals surface area (Å²) in [6, 6.07) is 10.2. The number of nitrogens with one attached hydrogen (secondary N) is 1. The van der Waals surface area contributed by atoms with Crippen molar-refractivity contribution in [3.05, 3.63) is 52.8 Å². The van der Waals surface area contributed by atoms with Crippen molar-refractivity contribution in [2.45, 2.75) is 6.54 Å². The molecule has 4 nitrogen and oxygen atoms in total. The highest BCUT2D eigenvalue weighted by atomic mass is 79.9. The number of aromatic nitrogens is 3. The second-order valence-electron chi connectivity index (χ2n) is 4.29. The van der Waals surface area contributed by atoms with Crippen molar-refractivity contribution in [3.63, 3.8) is 0 Å². The monoisotopic (exact) mass is 316 g/mol. The maximum absolute atomic E-state index is 4.65. The highest BCUT2D eigenvalue weighted by Gasteiger charge is 2.07. The maximum atomic E-state index is 4.65. The van der Waals surface area contributed by atoms with E-state index in [4.69, 9.17) is 0 Å². The van der Waals surface area contributed by atoms with Gasteiger partial charge in [0.1, 0.15) is 0 Å². The molecule has 0 amide bonds. The lowest BCUT2D eigenvalue weighted by molar-refractivity contribution is 0.810. The molecule has 5 heteroatoms. The highest BCUT2D eigenvalue weighted by Crippen LogP contribution is 2.20. The van der Waals surface area contributed by atoms with Crippen LogP contribution in [-0.4, -0.2) is 21.8 Å². The van der Waals surface area contributed by atoms with Gasteiger partial charge >= 0.3 is 0 Å². The molecule has 2 heterocycles. The number of fused-ring (bicyclic) bond motifs is 1. The number of nitrogens with zero attached hydrogens (tertiary/aromatic N) is 3. The predicted octanol–water partition coefficient (Wildman–Crippen LogP) is 2.90. The number of rotatable bonds is 3. The molecule has 0 spiro atoms. The number of hydrogen-bond acceptors (Lipinski definition) is 3. The topological polar surface area (TPSA) is 42.7 Å². The minimum Gasteiger partial charge on any atom is -0.316 e. The summed E-state index contributed by atoms with van der Waals surface area (Å²) in [5, 5.41) is 8.65. The molecule has 0 unspecified atom stereocenters. The van der Waals surface area contributed by atoms with Crippen LogP contribution in [-0.2, 0) is 6.54 Å². The molecule has 0 aliphatic carbocycles. The van der Waals surface area contributed by atoms with E-state index in [0.717, 1.165) is 22.4 Å². The summed E-state index contributed by atoms with van der Waals surface area (Å²) in [6.45, 7) is 0.804. The van der Waals surface area contributed by atoms with Crippen LogP contribution in [0.15, 0.2) is 47.2 Å². The zero-order chi connectivity index (χ0) is 13.2. The molecule has 0 aliphatic rings. The summed E-state index contributed by atoms with van der Waals surface area (Å²) < 4.78 is 2.72. The van der Waals surface area contributed by atoms with Crippen LogP contribution in [0.5, 0.6) is 0 Å². The third-order valence-corrected chi connectivity index (χ3v) is 3.35. The van der Waals surface area contributed by atoms with Gasteiger partial charge in [0.25, 0.3) is 0 Å². The molecule has 0 saturated carbocycles. The molecule has 0 radical (unpaired) electrons. The second kappa shape index (κ2) is 5.11. The molecule has 3 aromatic rings. The van der Waals surface area contributed by atoms with Crippen molar-refractivity contribution >= 4 is 26.8 Å². The molecule has 96 valence electrons. The number of hydrogen-bond donors (Lipinski definition) is 1. The third kappa shape index (κ3) is 2.39. The molecular formula is C14H13BrN4. The maximum Gasteiger partial charge on any atom is 0.154 e. The molecule has 1 N–H and O–H groups in total. The minimum absolute atomic E-state index is 0.804. The fourth-order valence-corrected chi connectivity index (χ4v) is 2.40. The van der Waals surface area contributed by atoms with Crippen molar-refractivity contribution in [1.29, 1.82) is 0 Å². The van der Waals surface area contributed by atoms with Gasteiger partial charge in [-0.25, -0.2) is 9.67 Å². The van der Waals surface area contributed by atoms with Crippen LogP contribution in [0.4, 0.5) is 0 Å². The average Bonchev–Trinajstić information content (AvgIpc) is 2.86. The fraction of sp³-hybridized carbons (Fsp3) is 0.143. The number of benzene rings is 1. The standard InChI is InChI=1S/C14H13BrN4/c1-16-7-10-6-14(19-9-11(15)8-17-19)18-13-5-3-2-4-12(10)13/h2-6,8-9,16H,7H2,1H3. The van der Waals surface area contributed by atoms with E-state index in [2.05, 4.69) is 43.5 Å². The van der Waals surface area contributed by atoms with Crippen LogP contribution in [0.3, 0.4) is 0 Å². The molecule has 0 aliphatic heterocycles. The van der Waals surface area contributed by atoms with E-state index in [0.29, 0.717) is 0 Å². The van der Waals surface area contributed by atoms with Gasteiger partial charge in [-0.15, -0.1) is 0 Å². The second-order valence-corrected chi connectivity index (χ2v) is 5.21. The summed E-state index contributed by atoms with van der Waals surface area (Å²) >= 11 is 3.40. The summed E-state index contributed by atoms with van der Waals surface area (Å²) in [5.74, 6) is 0.828. The van der Waals surface area contributed by atoms with Gasteiger partial charge in [0.05, 0.1) is 16.2 Å². The Balaban J connectivity index is 2.21. The third-order valence-electron chi connectivity index (χ3n) is 2.94. The van der Waals surface area contributed by atoms with E-state index < -0.39 is 0 Å². The number of pyridine rings is 1. The summed E-state index contributed by atoms with van der Waals surface area (Å²) in [5.41, 5.74) is 2.20. The molecule has 19 heavy (non-hydrogen) atoms. The van der Waals surface area contributed by atoms with E-state index in [1.54, 1.807) is 10.9 Å². The van der Waals surface area contributed by atoms with Gasteiger partial charge in [0, 0.05) is 18.1 Å². The molecule has 3 rings (SSSR count). The first-order valence-corrected chi connectivity index (χ1v) is 6.81. The summed E-state index contributed by atoms with van der Waals surface area (Å²) in [6.07, 6.45) is 3.66. The van der Waals surface area contributed by atoms with E-state index in [1.165, 1.54) is 10.9 Å². The lowest BCUT2D eigenvalue weighted by atomic mass is 10.1. The Kier molecular flexibility index (Phi) is 3.31. The Hall–Kier alpha value is -1.72. The smallest absolute Gasteiger partial charge is 0.154 e. The van der Waals surface area contributed by atoms with E-state index in [-0.39, 0.29) is 0 Å². The van der Waals surface area contributed by atoms with Crippen LogP contribution in [0.2, 0.25) is 0 Å². The molecule has 0 saturated heterocycles. The molecule has 0 atom stereocenters. The quantitative estimate of drug-likeness (QED) is 0.808. The minimum atomic E-state index is 0.804. The van der Waals surface area contributed by atoms with Crippen LogP contribution in [0.25, 0.3) is 16.7 Å². The zero-order valence-corrected chi connectivity index (χ0v) is 12.1. The zero-order valence-electron chi connectivity index (χ0n) is 10.5. The molecular weight excluding hydrogens is 304 g/mol. The van der Waals surface area contributed by atoms with E-state index in [1.807, 2.05) is 31.4 Å². The van der Waals surface area contributed by atoms with Gasteiger partial charge in [-0.1, -0.05) is 18.2 Å². The van der Waals surface area contributed by atoms with Crippen molar-refractivity contribution in [2.24, 2.45) is 0 Å². The van der Waals surface area contributed by atoms with E-state index in [9.17, 15) is 0 Å². The largest absolute Gasteiger partial charge is 0.316 e. The van der Waals surface area contributed by atoms with Crippen molar-refractivity contribution < 1.29 is 0 Å². The van der Waals surface area contributed by atoms with Gasteiger partial charge in [-0.2, -0.15) is 5.10 Å². The summed E-state index contributed by atoms with van der Waals surface area (Å²) in [4.78, 5) is 4.65. The fourth-order valence-electron chi connectivity index (χ4n) is 2.11. The van der Waals surface area contributed by atoms with Gasteiger partial charge in [0.2, 0.25) is 0 Å². The first kappa shape index (κ1) is 12.3. The Labute approximate surface area is 119 Å². The van der Waals surface area contributed by atoms with E-state index >= 15 is 0 Å². The molecule has 0 fully saturated rings. The normalized spacial score (nSPS) is 11.1. The Morgan fingerprint density at radius 2 is 2.16 bits per heavy atom. The lowest BCUT2D eigenvalue weighted by Gasteiger charge is -2.09. The number of para-hydroxylation sites is 1. The average molecular weight is 317 g/mol. The molecule has 2 aromatic heterocycles. The SMILES string of the molecule is CNCc1cc(-n2cc(Br)cn2)nc2ccccc12. The van der Waals surface area contributed by atoms with Gasteiger partial charge in [-0.3, -0.25) is 0 Å². The van der Waals surface area contributed by atoms with Crippen LogP contribution in [0, 0.1) is 0 Å². The van der Waals surface area contributed by atoms with Gasteiger partial charge < -0.3 is 5.32 Å². The van der Waals surface area contributed by atoms with Crippen molar-refractivity contribution in [2.75, 3.05) is 7.05 Å². The Bertz CT molecular complexity index is 720. The van der Waals surface area contributed by atoms with Crippen LogP contribution >= 0.6 is 15.9 Å². The van der Waals surface area contributed by atoms with Crippen molar-refractivity contribution in [3.8, 4) is 5.82 Å². The van der Waals surface area contributed by atoms with Crippen LogP contribution < -0.4 is 5.32 Å². The lowest BCUT2D eigenvalue weighted by Crippen LogP contribution is -2.08. The highest BCUT2D eigenvalue weighted by molar-refractivity contribution is 9.10. The Morgan fingerprint density at radius 3 is 2.89 bits per heavy atom. The van der Waals surface area contributed by atoms with Crippen molar-refractivity contribution in [1.82, 2.24) is 20.1 Å². The van der Waals surface area contributed by atoms with Gasteiger partial charge in [-0.05, 0) is 40.7 Å². The Morgan fingerprint density at radius 1 is 1.32 bits per heavy atom. The summed E-state index contributed by atoms with van der Waals surface area (Å²) in [7, 11) is 1.94. The molecule has 1 aromatic carbocycles. The first-order chi connectivity index (χ1) is 9.28. The van der Waals surface area contributed by atoms with Gasteiger partial charge in [0.15, 0.2) is 5.82 Å².